The van der Waals surface area contributed by atoms with Crippen molar-refractivity contribution in [1.82, 2.24) is 43.9 Å². The number of hydrogen-bond acceptors (Lipinski definition) is 8. The first-order valence-corrected chi connectivity index (χ1v) is 11.2. The zero-order valence-electron chi connectivity index (χ0n) is 17.9. The molecule has 0 atom stereocenters. The minimum Gasteiger partial charge on any atom is -0.340 e. The van der Waals surface area contributed by atoms with Crippen LogP contribution in [-0.2, 0) is 24.9 Å². The number of carbonyl (C=O) groups is 1. The number of fused-ring (bicyclic) bond motifs is 1. The van der Waals surface area contributed by atoms with E-state index in [0.717, 1.165) is 32.7 Å². The average Bonchev–Trinajstić information content (AvgIpc) is 3.26. The minimum absolute atomic E-state index is 0.0225. The van der Waals surface area contributed by atoms with E-state index in [0.29, 0.717) is 23.3 Å². The quantitative estimate of drug-likeness (QED) is 0.408. The molecule has 13 heteroatoms. The van der Waals surface area contributed by atoms with Crippen molar-refractivity contribution in [2.75, 3.05) is 32.7 Å². The molecule has 0 aliphatic carbocycles. The van der Waals surface area contributed by atoms with Gasteiger partial charge in [0.1, 0.15) is 10.3 Å². The molecule has 1 saturated heterocycles. The van der Waals surface area contributed by atoms with Crippen LogP contribution in [-0.4, -0.2) is 82.5 Å². The van der Waals surface area contributed by atoms with Crippen LogP contribution in [0, 0.1) is 0 Å². The van der Waals surface area contributed by atoms with Crippen molar-refractivity contribution in [3.05, 3.63) is 43.4 Å². The maximum absolute atomic E-state index is 12.6. The summed E-state index contributed by atoms with van der Waals surface area (Å²) in [4.78, 5) is 50.1. The Kier molecular flexibility index (Phi) is 6.46. The first-order valence-electron chi connectivity index (χ1n) is 10.4. The topological polar surface area (TPSA) is 124 Å². The summed E-state index contributed by atoms with van der Waals surface area (Å²) in [6.45, 7) is 6.81. The summed E-state index contributed by atoms with van der Waals surface area (Å²) < 4.78 is 4.45. The lowest BCUT2D eigenvalue weighted by Crippen LogP contribution is -2.48. The highest BCUT2D eigenvalue weighted by Gasteiger charge is 2.20. The van der Waals surface area contributed by atoms with Gasteiger partial charge in [0.2, 0.25) is 5.91 Å². The highest BCUT2D eigenvalue weighted by Crippen LogP contribution is 2.11. The van der Waals surface area contributed by atoms with Gasteiger partial charge in [-0.15, -0.1) is 5.10 Å². The molecule has 3 aromatic rings. The molecule has 1 fully saturated rings. The van der Waals surface area contributed by atoms with Crippen LogP contribution in [0.1, 0.15) is 19.0 Å². The van der Waals surface area contributed by atoms with Gasteiger partial charge in [-0.3, -0.25) is 28.2 Å². The summed E-state index contributed by atoms with van der Waals surface area (Å²) in [7, 11) is 1.48. The molecule has 170 valence electrons. The van der Waals surface area contributed by atoms with E-state index in [1.807, 2.05) is 4.90 Å². The normalized spacial score (nSPS) is 14.9. The Morgan fingerprint density at radius 2 is 1.88 bits per heavy atom. The van der Waals surface area contributed by atoms with Gasteiger partial charge in [0.25, 0.3) is 0 Å². The highest BCUT2D eigenvalue weighted by atomic mass is 79.9. The van der Waals surface area contributed by atoms with Crippen LogP contribution in [0.4, 0.5) is 0 Å². The van der Waals surface area contributed by atoms with E-state index < -0.39 is 11.1 Å². The Bertz CT molecular complexity index is 1260. The van der Waals surface area contributed by atoms with Gasteiger partial charge >= 0.3 is 11.1 Å². The number of aryl methyl sites for hydroxylation is 2. The van der Waals surface area contributed by atoms with Gasteiger partial charge < -0.3 is 9.80 Å². The van der Waals surface area contributed by atoms with E-state index >= 15 is 0 Å². The fourth-order valence-electron chi connectivity index (χ4n) is 3.73. The lowest BCUT2D eigenvalue weighted by Gasteiger charge is -2.34. The minimum atomic E-state index is -0.715. The SMILES string of the molecule is CCN1CCN(C(=O)CCn2cc(Cn3c(=O)c(=O)n(C)c4nc(Br)cnc43)nn2)CC1. The molecular weight excluding hydrogens is 482 g/mol. The van der Waals surface area contributed by atoms with Gasteiger partial charge in [0.15, 0.2) is 11.3 Å². The summed E-state index contributed by atoms with van der Waals surface area (Å²) in [5, 5.41) is 8.16. The molecule has 0 unspecified atom stereocenters. The van der Waals surface area contributed by atoms with Crippen molar-refractivity contribution in [1.29, 1.82) is 0 Å². The van der Waals surface area contributed by atoms with Crippen LogP contribution in [0.15, 0.2) is 26.6 Å². The summed E-state index contributed by atoms with van der Waals surface area (Å²) in [5.74, 6) is 0.0902. The van der Waals surface area contributed by atoms with Crippen molar-refractivity contribution >= 4 is 33.1 Å². The molecular formula is C19H24BrN9O3. The van der Waals surface area contributed by atoms with Gasteiger partial charge in [-0.25, -0.2) is 9.97 Å². The summed E-state index contributed by atoms with van der Waals surface area (Å²) in [6, 6.07) is 0. The zero-order valence-corrected chi connectivity index (χ0v) is 19.5. The Balaban J connectivity index is 1.46. The van der Waals surface area contributed by atoms with Crippen LogP contribution in [0.3, 0.4) is 0 Å². The standard InChI is InChI=1S/C19H24BrN9O3/c1-3-26-6-8-27(9-7-26)15(30)4-5-28-11-13(23-24-28)12-29-16-17(22-14(20)10-21-16)25(2)18(31)19(29)32/h10-11H,3-9,12H2,1-2H3. The molecule has 1 amide bonds. The first-order chi connectivity index (χ1) is 15.4. The largest absolute Gasteiger partial charge is 0.340 e. The second-order valence-electron chi connectivity index (χ2n) is 7.63. The second-order valence-corrected chi connectivity index (χ2v) is 8.45. The van der Waals surface area contributed by atoms with Crippen LogP contribution in [0.25, 0.3) is 11.3 Å². The Morgan fingerprint density at radius 1 is 1.12 bits per heavy atom. The van der Waals surface area contributed by atoms with E-state index in [4.69, 9.17) is 0 Å². The Hall–Kier alpha value is -2.93. The molecule has 0 bridgehead atoms. The molecule has 0 spiro atoms. The van der Waals surface area contributed by atoms with E-state index in [1.54, 1.807) is 10.9 Å². The lowest BCUT2D eigenvalue weighted by molar-refractivity contribution is -0.133. The maximum atomic E-state index is 12.6. The number of rotatable bonds is 6. The van der Waals surface area contributed by atoms with E-state index in [-0.39, 0.29) is 23.7 Å². The summed E-state index contributed by atoms with van der Waals surface area (Å²) in [6.07, 6.45) is 3.46. The van der Waals surface area contributed by atoms with Gasteiger partial charge in [0.05, 0.1) is 25.5 Å². The van der Waals surface area contributed by atoms with Gasteiger partial charge in [0, 0.05) is 39.6 Å². The number of carbonyl (C=O) groups excluding carboxylic acids is 1. The van der Waals surface area contributed by atoms with E-state index in [2.05, 4.69) is 48.0 Å². The number of aromatic nitrogens is 7. The third kappa shape index (κ3) is 4.48. The van der Waals surface area contributed by atoms with Crippen molar-refractivity contribution in [2.24, 2.45) is 7.05 Å². The number of amides is 1. The first kappa shape index (κ1) is 22.3. The molecule has 4 heterocycles. The van der Waals surface area contributed by atoms with E-state index in [1.165, 1.54) is 22.4 Å². The fraction of sp³-hybridized carbons (Fsp3) is 0.526. The Labute approximate surface area is 191 Å². The van der Waals surface area contributed by atoms with Crippen molar-refractivity contribution in [3.63, 3.8) is 0 Å². The molecule has 4 rings (SSSR count). The number of nitrogens with zero attached hydrogens (tertiary/aromatic N) is 9. The van der Waals surface area contributed by atoms with Crippen LogP contribution in [0.5, 0.6) is 0 Å². The molecule has 3 aromatic heterocycles. The molecule has 0 aromatic carbocycles. The average molecular weight is 506 g/mol. The number of piperazine rings is 1. The number of halogens is 1. The highest BCUT2D eigenvalue weighted by molar-refractivity contribution is 9.10. The fourth-order valence-corrected chi connectivity index (χ4v) is 4.00. The van der Waals surface area contributed by atoms with Crippen molar-refractivity contribution in [3.8, 4) is 0 Å². The van der Waals surface area contributed by atoms with Crippen LogP contribution >= 0.6 is 15.9 Å². The molecule has 0 N–H and O–H groups in total. The third-order valence-electron chi connectivity index (χ3n) is 5.65. The molecule has 1 aliphatic rings. The predicted molar refractivity (Wildman–Crippen MR) is 119 cm³/mol. The smallest absolute Gasteiger partial charge is 0.318 e. The molecule has 12 nitrogen and oxygen atoms in total. The maximum Gasteiger partial charge on any atom is 0.318 e. The lowest BCUT2D eigenvalue weighted by atomic mass is 10.2. The van der Waals surface area contributed by atoms with Gasteiger partial charge in [-0.1, -0.05) is 12.1 Å². The van der Waals surface area contributed by atoms with E-state index in [9.17, 15) is 14.4 Å². The molecule has 32 heavy (non-hydrogen) atoms. The summed E-state index contributed by atoms with van der Waals surface area (Å²) in [5.41, 5.74) is -0.379. The summed E-state index contributed by atoms with van der Waals surface area (Å²) >= 11 is 3.23. The second kappa shape index (κ2) is 9.28. The van der Waals surface area contributed by atoms with Crippen molar-refractivity contribution < 1.29 is 4.79 Å². The van der Waals surface area contributed by atoms with Crippen LogP contribution in [0.2, 0.25) is 0 Å². The molecule has 0 saturated carbocycles. The van der Waals surface area contributed by atoms with Crippen LogP contribution < -0.4 is 11.1 Å². The molecule has 1 aliphatic heterocycles. The van der Waals surface area contributed by atoms with Crippen molar-refractivity contribution in [2.45, 2.75) is 26.4 Å². The zero-order chi connectivity index (χ0) is 22.8. The monoisotopic (exact) mass is 505 g/mol. The Morgan fingerprint density at radius 3 is 2.59 bits per heavy atom. The predicted octanol–water partition coefficient (Wildman–Crippen LogP) is -0.553. The number of likely N-dealkylation sites (N-methyl/N-ethyl adjacent to an activating group) is 1. The molecule has 0 radical (unpaired) electrons. The van der Waals surface area contributed by atoms with Gasteiger partial charge in [-0.05, 0) is 22.5 Å². The van der Waals surface area contributed by atoms with Gasteiger partial charge in [-0.2, -0.15) is 0 Å². The third-order valence-corrected chi connectivity index (χ3v) is 6.03. The number of hydrogen-bond donors (Lipinski definition) is 0.